The molecule has 2 nitrogen and oxygen atoms in total. The lowest BCUT2D eigenvalue weighted by Gasteiger charge is -1.84. The van der Waals surface area contributed by atoms with Crippen LogP contribution in [0.1, 0.15) is 0 Å². The summed E-state index contributed by atoms with van der Waals surface area (Å²) in [4.78, 5) is 7.21. The van der Waals surface area contributed by atoms with Crippen molar-refractivity contribution >= 4 is 34.9 Å². The summed E-state index contributed by atoms with van der Waals surface area (Å²) in [5.41, 5.74) is 1.02. The van der Waals surface area contributed by atoms with Gasteiger partial charge in [0, 0.05) is 17.0 Å². The number of thiazole rings is 2. The van der Waals surface area contributed by atoms with E-state index in [0.717, 1.165) is 14.7 Å². The number of nitrogens with zero attached hydrogens (tertiary/aromatic N) is 1. The molecule has 5 heteroatoms. The highest BCUT2D eigenvalue weighted by molar-refractivity contribution is 7.73. The van der Waals surface area contributed by atoms with Crippen LogP contribution in [0.25, 0.3) is 10.7 Å². The van der Waals surface area contributed by atoms with E-state index in [2.05, 4.69) is 9.97 Å². The van der Waals surface area contributed by atoms with Gasteiger partial charge in [-0.3, -0.25) is 0 Å². The molecule has 2 aromatic rings. The molecule has 0 saturated heterocycles. The molecule has 1 N–H and O–H groups in total. The van der Waals surface area contributed by atoms with Gasteiger partial charge in [-0.05, 0) is 12.2 Å². The number of nitrogens with one attached hydrogen (secondary N) is 1. The maximum Gasteiger partial charge on any atom is 0.158 e. The lowest BCUT2D eigenvalue weighted by atomic mass is 10.5. The smallest absolute Gasteiger partial charge is 0.158 e. The maximum absolute atomic E-state index is 4.95. The minimum Gasteiger partial charge on any atom is -0.335 e. The molecule has 2 rings (SSSR count). The molecule has 0 bridgehead atoms. The van der Waals surface area contributed by atoms with Crippen LogP contribution in [-0.2, 0) is 0 Å². The number of aromatic amines is 1. The molecule has 2 heterocycles. The van der Waals surface area contributed by atoms with Crippen LogP contribution in [0.3, 0.4) is 0 Å². The lowest BCUT2D eigenvalue weighted by molar-refractivity contribution is 1.33. The summed E-state index contributed by atoms with van der Waals surface area (Å²) in [7, 11) is 0. The fourth-order valence-corrected chi connectivity index (χ4v) is 2.24. The Morgan fingerprint density at radius 1 is 1.45 bits per heavy atom. The molecular formula is C6H4N2S3. The Labute approximate surface area is 76.6 Å². The minimum absolute atomic E-state index is 0.801. The highest BCUT2D eigenvalue weighted by Crippen LogP contribution is 2.21. The first-order valence-corrected chi connectivity index (χ1v) is 5.11. The van der Waals surface area contributed by atoms with Gasteiger partial charge in [0.15, 0.2) is 3.95 Å². The van der Waals surface area contributed by atoms with Crippen molar-refractivity contribution in [2.45, 2.75) is 0 Å². The molecule has 2 aromatic heterocycles. The zero-order valence-electron chi connectivity index (χ0n) is 5.40. The number of aromatic nitrogens is 2. The summed E-state index contributed by atoms with van der Waals surface area (Å²) in [6, 6.07) is 0. The van der Waals surface area contributed by atoms with E-state index in [1.165, 1.54) is 11.3 Å². The summed E-state index contributed by atoms with van der Waals surface area (Å²) < 4.78 is 0.801. The van der Waals surface area contributed by atoms with Crippen molar-refractivity contribution in [3.8, 4) is 10.7 Å². The molecule has 0 saturated carbocycles. The van der Waals surface area contributed by atoms with E-state index in [1.807, 2.05) is 10.8 Å². The van der Waals surface area contributed by atoms with E-state index < -0.39 is 0 Å². The summed E-state index contributed by atoms with van der Waals surface area (Å²) in [5, 5.41) is 4.93. The maximum atomic E-state index is 4.95. The van der Waals surface area contributed by atoms with E-state index in [9.17, 15) is 0 Å². The molecule has 0 aromatic carbocycles. The van der Waals surface area contributed by atoms with Gasteiger partial charge in [-0.25, -0.2) is 4.98 Å². The van der Waals surface area contributed by atoms with Gasteiger partial charge in [-0.1, -0.05) is 0 Å². The molecular weight excluding hydrogens is 196 g/mol. The highest BCUT2D eigenvalue weighted by Gasteiger charge is 1.99. The molecule has 11 heavy (non-hydrogen) atoms. The number of hydrogen-bond acceptors (Lipinski definition) is 4. The van der Waals surface area contributed by atoms with Gasteiger partial charge in [-0.15, -0.1) is 22.7 Å². The van der Waals surface area contributed by atoms with Crippen LogP contribution in [-0.4, -0.2) is 9.97 Å². The van der Waals surface area contributed by atoms with Crippen LogP contribution in [0.2, 0.25) is 0 Å². The highest BCUT2D eigenvalue weighted by atomic mass is 32.1. The third-order valence-electron chi connectivity index (χ3n) is 1.18. The lowest BCUT2D eigenvalue weighted by Crippen LogP contribution is -1.71. The van der Waals surface area contributed by atoms with Crippen molar-refractivity contribution < 1.29 is 0 Å². The molecule has 56 valence electrons. The fraction of sp³-hybridized carbons (Fsp3) is 0. The molecule has 0 unspecified atom stereocenters. The second kappa shape index (κ2) is 2.84. The normalized spacial score (nSPS) is 10.2. The number of H-pyrrole nitrogens is 1. The molecule has 0 fully saturated rings. The van der Waals surface area contributed by atoms with Crippen molar-refractivity contribution in [2.75, 3.05) is 0 Å². The quantitative estimate of drug-likeness (QED) is 0.717. The average molecular weight is 200 g/mol. The molecule has 0 aliphatic heterocycles. The Morgan fingerprint density at radius 3 is 2.91 bits per heavy atom. The first kappa shape index (κ1) is 7.15. The van der Waals surface area contributed by atoms with E-state index in [0.29, 0.717) is 0 Å². The van der Waals surface area contributed by atoms with Gasteiger partial charge in [-0.2, -0.15) is 0 Å². The number of rotatable bonds is 1. The van der Waals surface area contributed by atoms with Gasteiger partial charge in [0.05, 0.1) is 5.69 Å². The molecule has 0 atom stereocenters. The first-order valence-electron chi connectivity index (χ1n) is 2.94. The molecule has 0 spiro atoms. The summed E-state index contributed by atoms with van der Waals surface area (Å²) >= 11 is 8.08. The van der Waals surface area contributed by atoms with Crippen LogP contribution >= 0.6 is 34.9 Å². The van der Waals surface area contributed by atoms with Gasteiger partial charge >= 0.3 is 0 Å². The van der Waals surface area contributed by atoms with Gasteiger partial charge in [0.2, 0.25) is 0 Å². The summed E-state index contributed by atoms with van der Waals surface area (Å²) in [5.74, 6) is 0. The third kappa shape index (κ3) is 1.40. The standard InChI is InChI=1S/C6H4N2S3/c9-6-8-4(3-11-6)5-7-1-2-10-5/h1-3H,(H,8,9). The predicted octanol–water partition coefficient (Wildman–Crippen LogP) is 2.93. The molecule has 0 aliphatic carbocycles. The van der Waals surface area contributed by atoms with Crippen LogP contribution in [0, 0.1) is 3.95 Å². The number of hydrogen-bond donors (Lipinski definition) is 1. The predicted molar refractivity (Wildman–Crippen MR) is 50.6 cm³/mol. The van der Waals surface area contributed by atoms with Crippen LogP contribution in [0.4, 0.5) is 0 Å². The zero-order valence-corrected chi connectivity index (χ0v) is 7.85. The van der Waals surface area contributed by atoms with Crippen molar-refractivity contribution in [1.82, 2.24) is 9.97 Å². The van der Waals surface area contributed by atoms with Crippen LogP contribution < -0.4 is 0 Å². The monoisotopic (exact) mass is 200 g/mol. The first-order chi connectivity index (χ1) is 5.36. The van der Waals surface area contributed by atoms with E-state index in [1.54, 1.807) is 17.5 Å². The summed E-state index contributed by atoms with van der Waals surface area (Å²) in [6.45, 7) is 0. The van der Waals surface area contributed by atoms with Crippen molar-refractivity contribution in [2.24, 2.45) is 0 Å². The van der Waals surface area contributed by atoms with E-state index in [4.69, 9.17) is 12.2 Å². The third-order valence-corrected chi connectivity index (χ3v) is 3.05. The Bertz CT molecular complexity index is 384. The summed E-state index contributed by atoms with van der Waals surface area (Å²) in [6.07, 6.45) is 1.79. The Morgan fingerprint density at radius 2 is 2.36 bits per heavy atom. The van der Waals surface area contributed by atoms with E-state index >= 15 is 0 Å². The second-order valence-corrected chi connectivity index (χ2v) is 4.34. The Balaban J connectivity index is 2.53. The average Bonchev–Trinajstić information content (AvgIpc) is 2.55. The van der Waals surface area contributed by atoms with Crippen LogP contribution in [0.15, 0.2) is 17.0 Å². The second-order valence-electron chi connectivity index (χ2n) is 1.90. The van der Waals surface area contributed by atoms with Crippen molar-refractivity contribution in [3.05, 3.63) is 20.9 Å². The topological polar surface area (TPSA) is 28.7 Å². The minimum atomic E-state index is 0.801. The molecule has 0 amide bonds. The van der Waals surface area contributed by atoms with Gasteiger partial charge < -0.3 is 4.98 Å². The SMILES string of the molecule is S=c1[nH]c(-c2nccs2)cs1. The Hall–Kier alpha value is -0.520. The van der Waals surface area contributed by atoms with Crippen molar-refractivity contribution in [1.29, 1.82) is 0 Å². The fourth-order valence-electron chi connectivity index (χ4n) is 0.742. The van der Waals surface area contributed by atoms with Crippen molar-refractivity contribution in [3.63, 3.8) is 0 Å². The molecule has 0 aliphatic rings. The van der Waals surface area contributed by atoms with Gasteiger partial charge in [0.1, 0.15) is 5.01 Å². The largest absolute Gasteiger partial charge is 0.335 e. The van der Waals surface area contributed by atoms with Gasteiger partial charge in [0.25, 0.3) is 0 Å². The Kier molecular flexibility index (Phi) is 1.85. The van der Waals surface area contributed by atoms with E-state index in [-0.39, 0.29) is 0 Å². The van der Waals surface area contributed by atoms with Crippen LogP contribution in [0.5, 0.6) is 0 Å². The molecule has 0 radical (unpaired) electrons. The zero-order chi connectivity index (χ0) is 7.68.